The molecule has 0 bridgehead atoms. The molecule has 0 radical (unpaired) electrons. The third-order valence-corrected chi connectivity index (χ3v) is 4.97. The number of rotatable bonds is 9. The van der Waals surface area contributed by atoms with Crippen LogP contribution in [0.15, 0.2) is 42.5 Å². The highest BCUT2D eigenvalue weighted by Gasteiger charge is 2.23. The number of hydrogen-bond acceptors (Lipinski definition) is 3. The van der Waals surface area contributed by atoms with E-state index in [2.05, 4.69) is 78.0 Å². The van der Waals surface area contributed by atoms with Crippen LogP contribution in [0.2, 0.25) is 0 Å². The molecule has 29 heavy (non-hydrogen) atoms. The van der Waals surface area contributed by atoms with Gasteiger partial charge < -0.3 is 14.8 Å². The molecule has 0 atom stereocenters. The van der Waals surface area contributed by atoms with Gasteiger partial charge in [0.2, 0.25) is 0 Å². The fourth-order valence-corrected chi connectivity index (χ4v) is 3.12. The number of nitrogens with one attached hydrogen (secondary N) is 1. The van der Waals surface area contributed by atoms with Crippen molar-refractivity contribution in [1.82, 2.24) is 0 Å². The first kappa shape index (κ1) is 23.1. The van der Waals surface area contributed by atoms with Crippen LogP contribution in [0, 0.1) is 0 Å². The van der Waals surface area contributed by atoms with Crippen LogP contribution in [0.1, 0.15) is 72.4 Å². The third-order valence-electron chi connectivity index (χ3n) is 4.97. The van der Waals surface area contributed by atoms with E-state index in [4.69, 9.17) is 9.47 Å². The molecular weight excluding hydrogens is 358 g/mol. The molecule has 160 valence electrons. The van der Waals surface area contributed by atoms with Crippen LogP contribution in [0.5, 0.6) is 11.5 Å². The van der Waals surface area contributed by atoms with Gasteiger partial charge in [0.05, 0.1) is 12.3 Å². The van der Waals surface area contributed by atoms with E-state index in [0.717, 1.165) is 43.2 Å². The fraction of sp³-hybridized carbons (Fsp3) is 0.538. The van der Waals surface area contributed by atoms with Crippen LogP contribution < -0.4 is 14.8 Å². The van der Waals surface area contributed by atoms with E-state index >= 15 is 0 Å². The van der Waals surface area contributed by atoms with Gasteiger partial charge in [-0.15, -0.1) is 0 Å². The quantitative estimate of drug-likeness (QED) is 0.464. The van der Waals surface area contributed by atoms with Gasteiger partial charge in [-0.25, -0.2) is 0 Å². The first-order valence-electron chi connectivity index (χ1n) is 10.9. The van der Waals surface area contributed by atoms with Gasteiger partial charge in [0.15, 0.2) is 0 Å². The number of ether oxygens (including phenoxy) is 2. The van der Waals surface area contributed by atoms with Gasteiger partial charge in [-0.05, 0) is 46.6 Å². The van der Waals surface area contributed by atoms with Gasteiger partial charge in [0.25, 0.3) is 0 Å². The first-order chi connectivity index (χ1) is 13.6. The molecule has 0 unspecified atom stereocenters. The van der Waals surface area contributed by atoms with Crippen molar-refractivity contribution < 1.29 is 9.47 Å². The second-order valence-corrected chi connectivity index (χ2v) is 9.68. The number of unbranched alkanes of at least 4 members (excludes halogenated alkanes) is 1. The van der Waals surface area contributed by atoms with Crippen LogP contribution >= 0.6 is 0 Å². The Labute approximate surface area is 177 Å². The van der Waals surface area contributed by atoms with Gasteiger partial charge in [0, 0.05) is 6.54 Å². The third kappa shape index (κ3) is 6.99. The number of hydrogen-bond donors (Lipinski definition) is 1. The largest absolute Gasteiger partial charge is 0.491 e. The predicted molar refractivity (Wildman–Crippen MR) is 125 cm³/mol. The Morgan fingerprint density at radius 1 is 0.793 bits per heavy atom. The van der Waals surface area contributed by atoms with Crippen LogP contribution in [0.4, 0.5) is 5.69 Å². The molecule has 0 aliphatic carbocycles. The highest BCUT2D eigenvalue weighted by Crippen LogP contribution is 2.35. The van der Waals surface area contributed by atoms with Crippen molar-refractivity contribution in [2.45, 2.75) is 72.1 Å². The van der Waals surface area contributed by atoms with Crippen LogP contribution in [-0.2, 0) is 10.8 Å². The van der Waals surface area contributed by atoms with E-state index in [1.807, 2.05) is 18.2 Å². The minimum Gasteiger partial charge on any atom is -0.491 e. The molecule has 0 aliphatic rings. The molecule has 0 saturated heterocycles. The van der Waals surface area contributed by atoms with Crippen molar-refractivity contribution in [3.8, 4) is 11.5 Å². The summed E-state index contributed by atoms with van der Waals surface area (Å²) in [4.78, 5) is 0. The molecule has 0 aromatic heterocycles. The zero-order chi connectivity index (χ0) is 21.5. The fourth-order valence-electron chi connectivity index (χ4n) is 3.12. The molecular formula is C26H39NO2. The monoisotopic (exact) mass is 397 g/mol. The zero-order valence-electron chi connectivity index (χ0n) is 19.4. The summed E-state index contributed by atoms with van der Waals surface area (Å²) in [6.45, 7) is 17.7. The number of benzene rings is 2. The van der Waals surface area contributed by atoms with Crippen molar-refractivity contribution in [1.29, 1.82) is 0 Å². The van der Waals surface area contributed by atoms with E-state index < -0.39 is 0 Å². The number of anilines is 1. The number of para-hydroxylation sites is 2. The predicted octanol–water partition coefficient (Wildman–Crippen LogP) is 6.95. The molecule has 0 amide bonds. The molecule has 2 aromatic carbocycles. The lowest BCUT2D eigenvalue weighted by molar-refractivity contribution is 0.309. The first-order valence-corrected chi connectivity index (χ1v) is 10.9. The van der Waals surface area contributed by atoms with Crippen molar-refractivity contribution in [2.75, 3.05) is 25.1 Å². The molecule has 0 aliphatic heterocycles. The van der Waals surface area contributed by atoms with Gasteiger partial charge in [-0.1, -0.05) is 79.2 Å². The Bertz CT molecular complexity index is 769. The highest BCUT2D eigenvalue weighted by atomic mass is 16.5. The van der Waals surface area contributed by atoms with Crippen molar-refractivity contribution >= 4 is 5.69 Å². The van der Waals surface area contributed by atoms with Crippen LogP contribution in [0.3, 0.4) is 0 Å². The summed E-state index contributed by atoms with van der Waals surface area (Å²) < 4.78 is 12.1. The summed E-state index contributed by atoms with van der Waals surface area (Å²) >= 11 is 0. The smallest absolute Gasteiger partial charge is 0.142 e. The maximum Gasteiger partial charge on any atom is 0.142 e. The van der Waals surface area contributed by atoms with E-state index in [-0.39, 0.29) is 10.8 Å². The maximum absolute atomic E-state index is 6.19. The molecule has 0 spiro atoms. The van der Waals surface area contributed by atoms with E-state index in [1.165, 1.54) is 11.1 Å². The molecule has 1 N–H and O–H groups in total. The lowest BCUT2D eigenvalue weighted by Gasteiger charge is -2.27. The summed E-state index contributed by atoms with van der Waals surface area (Å²) in [5.41, 5.74) is 3.77. The van der Waals surface area contributed by atoms with E-state index in [9.17, 15) is 0 Å². The summed E-state index contributed by atoms with van der Waals surface area (Å²) in [6, 6.07) is 14.7. The Balaban J connectivity index is 2.01. The van der Waals surface area contributed by atoms with Gasteiger partial charge in [-0.2, -0.15) is 0 Å². The van der Waals surface area contributed by atoms with Crippen LogP contribution in [0.25, 0.3) is 0 Å². The van der Waals surface area contributed by atoms with Crippen molar-refractivity contribution in [3.05, 3.63) is 53.6 Å². The van der Waals surface area contributed by atoms with Gasteiger partial charge in [-0.3, -0.25) is 0 Å². The summed E-state index contributed by atoms with van der Waals surface area (Å²) in [6.07, 6.45) is 2.20. The maximum atomic E-state index is 6.19. The Morgan fingerprint density at radius 3 is 2.14 bits per heavy atom. The molecule has 0 saturated carbocycles. The normalized spacial score (nSPS) is 12.0. The summed E-state index contributed by atoms with van der Waals surface area (Å²) in [7, 11) is 0. The minimum atomic E-state index is 0.0315. The lowest BCUT2D eigenvalue weighted by atomic mass is 9.80. The van der Waals surface area contributed by atoms with Crippen molar-refractivity contribution in [2.24, 2.45) is 0 Å². The summed E-state index contributed by atoms with van der Waals surface area (Å²) in [5.74, 6) is 1.88. The molecule has 3 heteroatoms. The lowest BCUT2D eigenvalue weighted by Crippen LogP contribution is -2.19. The Hall–Kier alpha value is -2.16. The zero-order valence-corrected chi connectivity index (χ0v) is 19.4. The summed E-state index contributed by atoms with van der Waals surface area (Å²) in [5, 5.41) is 3.45. The highest BCUT2D eigenvalue weighted by molar-refractivity contribution is 5.56. The molecule has 3 nitrogen and oxygen atoms in total. The second-order valence-electron chi connectivity index (χ2n) is 9.68. The van der Waals surface area contributed by atoms with Crippen LogP contribution in [-0.4, -0.2) is 19.8 Å². The van der Waals surface area contributed by atoms with Gasteiger partial charge in [0.1, 0.15) is 18.1 Å². The van der Waals surface area contributed by atoms with E-state index in [0.29, 0.717) is 6.61 Å². The Kier molecular flexibility index (Phi) is 8.01. The van der Waals surface area contributed by atoms with Gasteiger partial charge >= 0.3 is 0 Å². The molecule has 0 fully saturated rings. The molecule has 2 aromatic rings. The Morgan fingerprint density at radius 2 is 1.48 bits per heavy atom. The second kappa shape index (κ2) is 10.0. The van der Waals surface area contributed by atoms with Crippen molar-refractivity contribution in [3.63, 3.8) is 0 Å². The average molecular weight is 398 g/mol. The average Bonchev–Trinajstić information content (AvgIpc) is 2.65. The van der Waals surface area contributed by atoms with E-state index in [1.54, 1.807) is 0 Å². The molecule has 0 heterocycles. The topological polar surface area (TPSA) is 30.5 Å². The standard InChI is InChI=1S/C26H39NO2/c1-8-9-17-28-24-13-11-10-12-22(24)27-16-18-29-23-15-14-20(25(2,3)4)19-21(23)26(5,6)7/h10-15,19,27H,8-9,16-18H2,1-7H3. The molecule has 2 rings (SSSR count). The SMILES string of the molecule is CCCCOc1ccccc1NCCOc1ccc(C(C)(C)C)cc1C(C)(C)C. The minimum absolute atomic E-state index is 0.0315.